The summed E-state index contributed by atoms with van der Waals surface area (Å²) in [6.45, 7) is 8.05. The Morgan fingerprint density at radius 2 is 1.88 bits per heavy atom. The van der Waals surface area contributed by atoms with Crippen molar-refractivity contribution >= 4 is 22.5 Å². The number of benzene rings is 1. The second kappa shape index (κ2) is 7.44. The molecule has 2 heterocycles. The summed E-state index contributed by atoms with van der Waals surface area (Å²) < 4.78 is 5.20. The molecule has 6 heteroatoms. The van der Waals surface area contributed by atoms with Gasteiger partial charge in [0.1, 0.15) is 5.75 Å². The number of hydrogen-bond acceptors (Lipinski definition) is 4. The molecule has 1 saturated heterocycles. The van der Waals surface area contributed by atoms with E-state index in [0.29, 0.717) is 17.0 Å². The quantitative estimate of drug-likeness (QED) is 0.869. The predicted octanol–water partition coefficient (Wildman–Crippen LogP) is 4.64. The first-order valence-corrected chi connectivity index (χ1v) is 9.45. The lowest BCUT2D eigenvalue weighted by molar-refractivity contribution is 0.156. The summed E-state index contributed by atoms with van der Waals surface area (Å²) in [6, 6.07) is 7.76. The highest BCUT2D eigenvalue weighted by atomic mass is 32.1. The van der Waals surface area contributed by atoms with E-state index in [0.717, 1.165) is 35.0 Å². The van der Waals surface area contributed by atoms with Crippen LogP contribution in [0.4, 0.5) is 9.93 Å². The molecule has 1 aromatic heterocycles. The number of hydrogen-bond donors (Lipinski definition) is 1. The van der Waals surface area contributed by atoms with E-state index in [1.165, 1.54) is 17.8 Å². The van der Waals surface area contributed by atoms with Gasteiger partial charge in [0.15, 0.2) is 5.13 Å². The van der Waals surface area contributed by atoms with Gasteiger partial charge in [-0.1, -0.05) is 13.8 Å². The third-order valence-corrected chi connectivity index (χ3v) is 5.42. The van der Waals surface area contributed by atoms with Crippen LogP contribution in [0.2, 0.25) is 0 Å². The number of urea groups is 1. The van der Waals surface area contributed by atoms with E-state index >= 15 is 0 Å². The van der Waals surface area contributed by atoms with Crippen LogP contribution in [0.1, 0.15) is 25.1 Å². The molecule has 2 amide bonds. The largest absolute Gasteiger partial charge is 0.497 e. The van der Waals surface area contributed by atoms with Crippen molar-refractivity contribution in [2.45, 2.75) is 27.2 Å². The highest BCUT2D eigenvalue weighted by Crippen LogP contribution is 2.31. The molecular weight excluding hydrogens is 334 g/mol. The molecule has 25 heavy (non-hydrogen) atoms. The minimum atomic E-state index is -0.0477. The van der Waals surface area contributed by atoms with E-state index in [-0.39, 0.29) is 6.03 Å². The number of amides is 2. The summed E-state index contributed by atoms with van der Waals surface area (Å²) in [5.74, 6) is 1.91. The number of likely N-dealkylation sites (tertiary alicyclic amines) is 1. The second-order valence-electron chi connectivity index (χ2n) is 6.93. The Morgan fingerprint density at radius 1 is 1.24 bits per heavy atom. The number of thiazole rings is 1. The second-order valence-corrected chi connectivity index (χ2v) is 8.14. The maximum atomic E-state index is 12.6. The maximum absolute atomic E-state index is 12.6. The van der Waals surface area contributed by atoms with Gasteiger partial charge in [0.05, 0.1) is 12.8 Å². The van der Waals surface area contributed by atoms with Gasteiger partial charge in [-0.15, -0.1) is 11.3 Å². The maximum Gasteiger partial charge on any atom is 0.323 e. The molecule has 2 aromatic rings. The van der Waals surface area contributed by atoms with Gasteiger partial charge >= 0.3 is 6.03 Å². The van der Waals surface area contributed by atoms with Gasteiger partial charge in [-0.25, -0.2) is 9.78 Å². The van der Waals surface area contributed by atoms with E-state index in [1.807, 2.05) is 36.1 Å². The molecule has 0 spiro atoms. The minimum Gasteiger partial charge on any atom is -0.497 e. The van der Waals surface area contributed by atoms with E-state index in [9.17, 15) is 4.79 Å². The Hall–Kier alpha value is -2.08. The zero-order valence-electron chi connectivity index (χ0n) is 15.2. The molecule has 1 aromatic carbocycles. The lowest BCUT2D eigenvalue weighted by Crippen LogP contribution is -2.44. The monoisotopic (exact) mass is 359 g/mol. The lowest BCUT2D eigenvalue weighted by atomic mass is 9.92. The predicted molar refractivity (Wildman–Crippen MR) is 102 cm³/mol. The Balaban J connectivity index is 1.72. The summed E-state index contributed by atoms with van der Waals surface area (Å²) >= 11 is 1.51. The van der Waals surface area contributed by atoms with E-state index < -0.39 is 0 Å². The first kappa shape index (κ1) is 17.7. The summed E-state index contributed by atoms with van der Waals surface area (Å²) in [5.41, 5.74) is 1.93. The highest BCUT2D eigenvalue weighted by molar-refractivity contribution is 7.16. The summed E-state index contributed by atoms with van der Waals surface area (Å²) in [6.07, 6.45) is 1.18. The summed E-state index contributed by atoms with van der Waals surface area (Å²) in [4.78, 5) is 20.2. The van der Waals surface area contributed by atoms with E-state index in [4.69, 9.17) is 4.74 Å². The molecule has 0 bridgehead atoms. The average molecular weight is 359 g/mol. The molecule has 5 nitrogen and oxygen atoms in total. The third kappa shape index (κ3) is 4.12. The van der Waals surface area contributed by atoms with Crippen LogP contribution in [-0.4, -0.2) is 36.1 Å². The third-order valence-electron chi connectivity index (χ3n) is 4.53. The van der Waals surface area contributed by atoms with Crippen LogP contribution in [0.25, 0.3) is 11.3 Å². The molecule has 0 radical (unpaired) electrons. The minimum absolute atomic E-state index is 0.0477. The topological polar surface area (TPSA) is 54.5 Å². The molecule has 0 saturated carbocycles. The van der Waals surface area contributed by atoms with Gasteiger partial charge in [-0.2, -0.15) is 0 Å². The molecule has 1 aliphatic heterocycles. The van der Waals surface area contributed by atoms with Crippen LogP contribution < -0.4 is 10.1 Å². The van der Waals surface area contributed by atoms with Crippen molar-refractivity contribution in [1.29, 1.82) is 0 Å². The number of aromatic nitrogens is 1. The van der Waals surface area contributed by atoms with Crippen molar-refractivity contribution in [2.24, 2.45) is 11.8 Å². The number of piperidine rings is 1. The van der Waals surface area contributed by atoms with Gasteiger partial charge in [0.25, 0.3) is 0 Å². The van der Waals surface area contributed by atoms with Crippen LogP contribution in [0.3, 0.4) is 0 Å². The number of carbonyl (C=O) groups is 1. The number of nitrogens with zero attached hydrogens (tertiary/aromatic N) is 2. The standard InChI is InChI=1S/C19H25N3O2S/c1-12-9-13(2)11-22(10-12)19(23)21-18-20-17(14(3)25-18)15-5-7-16(24-4)8-6-15/h5-8,12-13H,9-11H2,1-4H3,(H,20,21,23)/t12-,13-/m0/s1. The van der Waals surface area contributed by atoms with Gasteiger partial charge in [0, 0.05) is 23.5 Å². The fraction of sp³-hybridized carbons (Fsp3) is 0.474. The average Bonchev–Trinajstić information content (AvgIpc) is 2.94. The lowest BCUT2D eigenvalue weighted by Gasteiger charge is -2.34. The van der Waals surface area contributed by atoms with Gasteiger partial charge in [-0.05, 0) is 49.4 Å². The Labute approximate surface area is 153 Å². The van der Waals surface area contributed by atoms with Crippen molar-refractivity contribution < 1.29 is 9.53 Å². The normalized spacial score (nSPS) is 20.4. The fourth-order valence-corrected chi connectivity index (χ4v) is 4.29. The molecule has 1 N–H and O–H groups in total. The number of nitrogens with one attached hydrogen (secondary N) is 1. The molecule has 134 valence electrons. The molecule has 1 fully saturated rings. The Bertz CT molecular complexity index is 732. The number of methoxy groups -OCH3 is 1. The fourth-order valence-electron chi connectivity index (χ4n) is 3.47. The molecule has 0 aliphatic carbocycles. The molecule has 2 atom stereocenters. The van der Waals surface area contributed by atoms with Crippen LogP contribution in [-0.2, 0) is 0 Å². The highest BCUT2D eigenvalue weighted by Gasteiger charge is 2.26. The molecule has 0 unspecified atom stereocenters. The number of aryl methyl sites for hydroxylation is 1. The summed E-state index contributed by atoms with van der Waals surface area (Å²) in [7, 11) is 1.65. The number of ether oxygens (including phenoxy) is 1. The summed E-state index contributed by atoms with van der Waals surface area (Å²) in [5, 5.41) is 3.63. The number of carbonyl (C=O) groups excluding carboxylic acids is 1. The van der Waals surface area contributed by atoms with Crippen molar-refractivity contribution in [3.63, 3.8) is 0 Å². The van der Waals surface area contributed by atoms with Crippen LogP contribution >= 0.6 is 11.3 Å². The van der Waals surface area contributed by atoms with Crippen molar-refractivity contribution in [3.8, 4) is 17.0 Å². The number of anilines is 1. The van der Waals surface area contributed by atoms with Crippen LogP contribution in [0.15, 0.2) is 24.3 Å². The molecule has 1 aliphatic rings. The van der Waals surface area contributed by atoms with Crippen molar-refractivity contribution in [3.05, 3.63) is 29.1 Å². The zero-order valence-corrected chi connectivity index (χ0v) is 16.0. The SMILES string of the molecule is COc1ccc(-c2nc(NC(=O)N3C[C@@H](C)C[C@H](C)C3)sc2C)cc1. The molecule has 3 rings (SSSR count). The van der Waals surface area contributed by atoms with Crippen molar-refractivity contribution in [1.82, 2.24) is 9.88 Å². The Morgan fingerprint density at radius 3 is 2.48 bits per heavy atom. The molecular formula is C19H25N3O2S. The van der Waals surface area contributed by atoms with E-state index in [2.05, 4.69) is 24.1 Å². The smallest absolute Gasteiger partial charge is 0.323 e. The van der Waals surface area contributed by atoms with Crippen LogP contribution in [0, 0.1) is 18.8 Å². The van der Waals surface area contributed by atoms with Gasteiger partial charge in [-0.3, -0.25) is 5.32 Å². The first-order valence-electron chi connectivity index (χ1n) is 8.64. The van der Waals surface area contributed by atoms with Gasteiger partial charge in [0.2, 0.25) is 0 Å². The van der Waals surface area contributed by atoms with E-state index in [1.54, 1.807) is 7.11 Å². The Kier molecular flexibility index (Phi) is 5.27. The van der Waals surface area contributed by atoms with Crippen LogP contribution in [0.5, 0.6) is 5.75 Å². The zero-order chi connectivity index (χ0) is 18.0. The van der Waals surface area contributed by atoms with Crippen molar-refractivity contribution in [2.75, 3.05) is 25.5 Å². The van der Waals surface area contributed by atoms with Gasteiger partial charge < -0.3 is 9.64 Å². The number of rotatable bonds is 3. The first-order chi connectivity index (χ1) is 12.0.